The maximum absolute atomic E-state index is 6.08. The van der Waals surface area contributed by atoms with Gasteiger partial charge in [-0.2, -0.15) is 0 Å². The van der Waals surface area contributed by atoms with Gasteiger partial charge in [0.05, 0.1) is 5.69 Å². The average Bonchev–Trinajstić information content (AvgIpc) is 2.83. The van der Waals surface area contributed by atoms with Crippen LogP contribution in [0, 0.1) is 0 Å². The lowest BCUT2D eigenvalue weighted by Gasteiger charge is -2.02. The molecule has 1 heterocycles. The molecule has 106 valence electrons. The highest BCUT2D eigenvalue weighted by atomic mass is 15.4. The number of aromatic nitrogens is 2. The van der Waals surface area contributed by atoms with Crippen molar-refractivity contribution in [1.29, 1.82) is 0 Å². The molecule has 0 atom stereocenters. The number of hydrogen-bond acceptors (Lipinski definition) is 3. The van der Waals surface area contributed by atoms with Crippen molar-refractivity contribution < 1.29 is 0 Å². The Hall–Kier alpha value is -2.75. The van der Waals surface area contributed by atoms with E-state index in [-0.39, 0.29) is 0 Å². The fraction of sp³-hybridized carbons (Fsp3) is 0.118. The number of nitrogens with zero attached hydrogens (tertiary/aromatic N) is 2. The van der Waals surface area contributed by atoms with Crippen LogP contribution in [0.5, 0.6) is 0 Å². The summed E-state index contributed by atoms with van der Waals surface area (Å²) in [5.74, 6) is 7.27. The molecular formula is C17H18N4. The summed E-state index contributed by atoms with van der Waals surface area (Å²) in [6, 6.07) is 20.1. The zero-order valence-electron chi connectivity index (χ0n) is 11.7. The van der Waals surface area contributed by atoms with Gasteiger partial charge < -0.3 is 11.6 Å². The van der Waals surface area contributed by atoms with Crippen LogP contribution in [-0.4, -0.2) is 9.66 Å². The molecule has 0 radical (unpaired) electrons. The zero-order valence-corrected chi connectivity index (χ0v) is 11.7. The summed E-state index contributed by atoms with van der Waals surface area (Å²) in [5, 5.41) is 0. The van der Waals surface area contributed by atoms with E-state index in [9.17, 15) is 0 Å². The van der Waals surface area contributed by atoms with Gasteiger partial charge in [0.15, 0.2) is 5.82 Å². The zero-order chi connectivity index (χ0) is 14.7. The topological polar surface area (TPSA) is 69.9 Å². The molecule has 0 aliphatic carbocycles. The lowest BCUT2D eigenvalue weighted by Crippen LogP contribution is -2.13. The number of rotatable bonds is 4. The van der Waals surface area contributed by atoms with Crippen molar-refractivity contribution >= 4 is 5.82 Å². The smallest absolute Gasteiger partial charge is 0.160 e. The van der Waals surface area contributed by atoms with Crippen LogP contribution < -0.4 is 11.6 Å². The number of nitrogens with two attached hydrogens (primary N) is 2. The predicted molar refractivity (Wildman–Crippen MR) is 86.1 cm³/mol. The van der Waals surface area contributed by atoms with Crippen LogP contribution >= 0.6 is 0 Å². The highest BCUT2D eigenvalue weighted by Crippen LogP contribution is 2.22. The summed E-state index contributed by atoms with van der Waals surface area (Å²) >= 11 is 0. The highest BCUT2D eigenvalue weighted by molar-refractivity contribution is 5.60. The van der Waals surface area contributed by atoms with Gasteiger partial charge in [-0.15, -0.1) is 0 Å². The first kappa shape index (κ1) is 13.2. The number of hydrogen-bond donors (Lipinski definition) is 2. The van der Waals surface area contributed by atoms with E-state index in [0.29, 0.717) is 11.6 Å². The molecular weight excluding hydrogens is 260 g/mol. The lowest BCUT2D eigenvalue weighted by atomic mass is 10.1. The Morgan fingerprint density at radius 2 is 1.48 bits per heavy atom. The predicted octanol–water partition coefficient (Wildman–Crippen LogP) is 2.63. The molecule has 21 heavy (non-hydrogen) atoms. The summed E-state index contributed by atoms with van der Waals surface area (Å²) in [7, 11) is 0. The monoisotopic (exact) mass is 278 g/mol. The Bertz CT molecular complexity index is 717. The molecule has 0 spiro atoms. The van der Waals surface area contributed by atoms with Crippen LogP contribution in [0.3, 0.4) is 0 Å². The molecule has 0 aliphatic rings. The van der Waals surface area contributed by atoms with Crippen LogP contribution in [0.25, 0.3) is 11.4 Å². The third-order valence-electron chi connectivity index (χ3n) is 3.55. The van der Waals surface area contributed by atoms with E-state index in [2.05, 4.69) is 17.1 Å². The Morgan fingerprint density at radius 3 is 2.14 bits per heavy atom. The van der Waals surface area contributed by atoms with E-state index < -0.39 is 0 Å². The number of anilines is 1. The van der Waals surface area contributed by atoms with Crippen molar-refractivity contribution in [2.45, 2.75) is 12.8 Å². The van der Waals surface area contributed by atoms with Crippen molar-refractivity contribution in [3.63, 3.8) is 0 Å². The van der Waals surface area contributed by atoms with E-state index >= 15 is 0 Å². The summed E-state index contributed by atoms with van der Waals surface area (Å²) in [4.78, 5) is 4.61. The maximum Gasteiger partial charge on any atom is 0.160 e. The Balaban J connectivity index is 1.84. The normalized spacial score (nSPS) is 10.7. The highest BCUT2D eigenvalue weighted by Gasteiger charge is 2.14. The van der Waals surface area contributed by atoms with E-state index in [1.807, 2.05) is 48.5 Å². The largest absolute Gasteiger partial charge is 0.382 e. The van der Waals surface area contributed by atoms with E-state index in [1.165, 1.54) is 10.2 Å². The van der Waals surface area contributed by atoms with Crippen molar-refractivity contribution in [3.05, 3.63) is 71.9 Å². The Labute approximate surface area is 124 Å². The number of imidazole rings is 1. The molecule has 0 bridgehead atoms. The Kier molecular flexibility index (Phi) is 3.60. The number of benzene rings is 2. The van der Waals surface area contributed by atoms with E-state index in [4.69, 9.17) is 11.6 Å². The minimum atomic E-state index is 0.532. The van der Waals surface area contributed by atoms with Gasteiger partial charge in [-0.1, -0.05) is 60.7 Å². The number of aryl methyl sites for hydroxylation is 2. The van der Waals surface area contributed by atoms with Gasteiger partial charge in [0.1, 0.15) is 5.82 Å². The molecule has 3 aromatic rings. The molecule has 0 saturated heterocycles. The van der Waals surface area contributed by atoms with Crippen LogP contribution in [0.15, 0.2) is 60.7 Å². The molecule has 0 aliphatic heterocycles. The first-order chi connectivity index (χ1) is 10.3. The lowest BCUT2D eigenvalue weighted by molar-refractivity contribution is 0.928. The van der Waals surface area contributed by atoms with Crippen LogP contribution in [0.2, 0.25) is 0 Å². The molecule has 2 aromatic carbocycles. The number of nitrogen functional groups attached to an aromatic ring is 2. The third kappa shape index (κ3) is 2.74. The van der Waals surface area contributed by atoms with E-state index in [1.54, 1.807) is 0 Å². The maximum atomic E-state index is 6.08. The minimum Gasteiger partial charge on any atom is -0.382 e. The summed E-state index contributed by atoms with van der Waals surface area (Å²) in [5.41, 5.74) is 9.17. The molecule has 0 fully saturated rings. The van der Waals surface area contributed by atoms with Crippen molar-refractivity contribution in [3.8, 4) is 11.4 Å². The molecule has 3 rings (SSSR count). The first-order valence-electron chi connectivity index (χ1n) is 6.97. The second-order valence-corrected chi connectivity index (χ2v) is 4.99. The molecule has 4 N–H and O–H groups in total. The van der Waals surface area contributed by atoms with Crippen LogP contribution in [0.4, 0.5) is 5.82 Å². The first-order valence-corrected chi connectivity index (χ1v) is 6.97. The Morgan fingerprint density at radius 1 is 0.857 bits per heavy atom. The SMILES string of the molecule is Nc1c(CCc2ccccc2)nc(-c2ccccc2)n1N. The molecule has 0 amide bonds. The second kappa shape index (κ2) is 5.71. The van der Waals surface area contributed by atoms with Crippen molar-refractivity contribution in [2.75, 3.05) is 11.6 Å². The second-order valence-electron chi connectivity index (χ2n) is 4.99. The van der Waals surface area contributed by atoms with Crippen molar-refractivity contribution in [1.82, 2.24) is 9.66 Å². The van der Waals surface area contributed by atoms with Gasteiger partial charge in [-0.05, 0) is 18.4 Å². The summed E-state index contributed by atoms with van der Waals surface area (Å²) in [6.45, 7) is 0. The van der Waals surface area contributed by atoms with E-state index in [0.717, 1.165) is 24.1 Å². The quantitative estimate of drug-likeness (QED) is 0.721. The molecule has 4 nitrogen and oxygen atoms in total. The molecule has 0 unspecified atom stereocenters. The van der Waals surface area contributed by atoms with Crippen LogP contribution in [-0.2, 0) is 12.8 Å². The standard InChI is InChI=1S/C17H18N4/c18-16-15(12-11-13-7-3-1-4-8-13)20-17(21(16)19)14-9-5-2-6-10-14/h1-10H,11-12,18-19H2. The summed E-state index contributed by atoms with van der Waals surface area (Å²) < 4.78 is 1.47. The van der Waals surface area contributed by atoms with Gasteiger partial charge in [0.25, 0.3) is 0 Å². The van der Waals surface area contributed by atoms with Crippen LogP contribution in [0.1, 0.15) is 11.3 Å². The average molecular weight is 278 g/mol. The molecule has 1 aromatic heterocycles. The van der Waals surface area contributed by atoms with Gasteiger partial charge in [0.2, 0.25) is 0 Å². The van der Waals surface area contributed by atoms with Gasteiger partial charge >= 0.3 is 0 Å². The summed E-state index contributed by atoms with van der Waals surface area (Å²) in [6.07, 6.45) is 1.68. The van der Waals surface area contributed by atoms with Gasteiger partial charge in [-0.25, -0.2) is 9.66 Å². The van der Waals surface area contributed by atoms with Crippen molar-refractivity contribution in [2.24, 2.45) is 0 Å². The third-order valence-corrected chi connectivity index (χ3v) is 3.55. The fourth-order valence-electron chi connectivity index (χ4n) is 2.37. The minimum absolute atomic E-state index is 0.532. The fourth-order valence-corrected chi connectivity index (χ4v) is 2.37. The molecule has 4 heteroatoms. The molecule has 0 saturated carbocycles. The van der Waals surface area contributed by atoms with Gasteiger partial charge in [0, 0.05) is 5.56 Å². The van der Waals surface area contributed by atoms with Gasteiger partial charge in [-0.3, -0.25) is 0 Å².